The lowest BCUT2D eigenvalue weighted by Gasteiger charge is -2.16. The molecule has 2 aromatic rings. The summed E-state index contributed by atoms with van der Waals surface area (Å²) in [5.74, 6) is 0.568. The van der Waals surface area contributed by atoms with Crippen LogP contribution >= 0.6 is 0 Å². The Morgan fingerprint density at radius 3 is 2.32 bits per heavy atom. The molecule has 2 aromatic carbocycles. The van der Waals surface area contributed by atoms with Gasteiger partial charge in [-0.2, -0.15) is 0 Å². The van der Waals surface area contributed by atoms with Crippen LogP contribution in [0, 0.1) is 27.7 Å². The fourth-order valence-corrected chi connectivity index (χ4v) is 2.15. The summed E-state index contributed by atoms with van der Waals surface area (Å²) >= 11 is 0. The average molecular weight is 297 g/mol. The number of ether oxygens (including phenoxy) is 1. The maximum absolute atomic E-state index is 12.3. The van der Waals surface area contributed by atoms with E-state index in [4.69, 9.17) is 4.74 Å². The molecule has 0 aliphatic rings. The molecule has 0 aliphatic heterocycles. The van der Waals surface area contributed by atoms with Gasteiger partial charge in [-0.15, -0.1) is 0 Å². The Bertz CT molecular complexity index is 692. The number of hydrogen-bond acceptors (Lipinski definition) is 2. The summed E-state index contributed by atoms with van der Waals surface area (Å²) in [4.78, 5) is 12.3. The second-order valence-corrected chi connectivity index (χ2v) is 5.81. The van der Waals surface area contributed by atoms with Crippen LogP contribution in [0.25, 0.3) is 0 Å². The van der Waals surface area contributed by atoms with Gasteiger partial charge in [-0.3, -0.25) is 4.79 Å². The van der Waals surface area contributed by atoms with E-state index < -0.39 is 6.10 Å². The van der Waals surface area contributed by atoms with Gasteiger partial charge in [-0.25, -0.2) is 0 Å². The van der Waals surface area contributed by atoms with Crippen LogP contribution in [0.5, 0.6) is 5.75 Å². The first-order valence-corrected chi connectivity index (χ1v) is 7.49. The molecule has 0 aromatic heterocycles. The fourth-order valence-electron chi connectivity index (χ4n) is 2.15. The van der Waals surface area contributed by atoms with Crippen LogP contribution in [0.15, 0.2) is 36.4 Å². The SMILES string of the molecule is Cc1ccc(C)c(NC(=O)C(C)Oc2ccc(C)c(C)c2)c1. The molecule has 0 fully saturated rings. The quantitative estimate of drug-likeness (QED) is 0.912. The molecule has 1 amide bonds. The lowest BCUT2D eigenvalue weighted by Crippen LogP contribution is -2.30. The highest BCUT2D eigenvalue weighted by Gasteiger charge is 2.16. The Morgan fingerprint density at radius 1 is 0.955 bits per heavy atom. The summed E-state index contributed by atoms with van der Waals surface area (Å²) in [7, 11) is 0. The van der Waals surface area contributed by atoms with E-state index >= 15 is 0 Å². The van der Waals surface area contributed by atoms with Crippen molar-refractivity contribution in [2.24, 2.45) is 0 Å². The Morgan fingerprint density at radius 2 is 1.64 bits per heavy atom. The summed E-state index contributed by atoms with van der Waals surface area (Å²) in [6, 6.07) is 11.8. The third-order valence-electron chi connectivity index (χ3n) is 3.81. The van der Waals surface area contributed by atoms with Crippen molar-refractivity contribution in [1.82, 2.24) is 0 Å². The maximum atomic E-state index is 12.3. The molecule has 22 heavy (non-hydrogen) atoms. The highest BCUT2D eigenvalue weighted by Crippen LogP contribution is 2.20. The average Bonchev–Trinajstić information content (AvgIpc) is 2.46. The Labute approximate surface area is 132 Å². The minimum atomic E-state index is -0.554. The van der Waals surface area contributed by atoms with Gasteiger partial charge < -0.3 is 10.1 Å². The molecule has 2 rings (SSSR count). The monoisotopic (exact) mass is 297 g/mol. The van der Waals surface area contributed by atoms with Crippen molar-refractivity contribution in [1.29, 1.82) is 0 Å². The van der Waals surface area contributed by atoms with Crippen LogP contribution in [0.2, 0.25) is 0 Å². The molecule has 116 valence electrons. The lowest BCUT2D eigenvalue weighted by molar-refractivity contribution is -0.122. The molecular weight excluding hydrogens is 274 g/mol. The minimum absolute atomic E-state index is 0.146. The molecule has 0 heterocycles. The molecule has 0 aliphatic carbocycles. The third kappa shape index (κ3) is 3.88. The van der Waals surface area contributed by atoms with Crippen LogP contribution in [-0.2, 0) is 4.79 Å². The van der Waals surface area contributed by atoms with E-state index in [-0.39, 0.29) is 5.91 Å². The molecule has 3 nitrogen and oxygen atoms in total. The minimum Gasteiger partial charge on any atom is -0.481 e. The molecule has 1 N–H and O–H groups in total. The van der Waals surface area contributed by atoms with Crippen molar-refractivity contribution in [3.8, 4) is 5.75 Å². The summed E-state index contributed by atoms with van der Waals surface area (Å²) < 4.78 is 5.74. The molecule has 0 saturated carbocycles. The number of amides is 1. The Kier molecular flexibility index (Phi) is 4.86. The van der Waals surface area contributed by atoms with Crippen molar-refractivity contribution in [3.63, 3.8) is 0 Å². The number of benzene rings is 2. The van der Waals surface area contributed by atoms with Gasteiger partial charge in [-0.05, 0) is 75.1 Å². The van der Waals surface area contributed by atoms with Gasteiger partial charge in [0.05, 0.1) is 0 Å². The van der Waals surface area contributed by atoms with Crippen LogP contribution < -0.4 is 10.1 Å². The maximum Gasteiger partial charge on any atom is 0.265 e. The molecule has 1 unspecified atom stereocenters. The van der Waals surface area contributed by atoms with Crippen LogP contribution in [-0.4, -0.2) is 12.0 Å². The van der Waals surface area contributed by atoms with Crippen molar-refractivity contribution < 1.29 is 9.53 Å². The predicted molar refractivity (Wildman–Crippen MR) is 90.6 cm³/mol. The van der Waals surface area contributed by atoms with Crippen molar-refractivity contribution in [2.45, 2.75) is 40.7 Å². The van der Waals surface area contributed by atoms with Gasteiger partial charge in [0.1, 0.15) is 5.75 Å². The number of hydrogen-bond donors (Lipinski definition) is 1. The van der Waals surface area contributed by atoms with E-state index in [2.05, 4.69) is 12.2 Å². The first kappa shape index (κ1) is 16.1. The highest BCUT2D eigenvalue weighted by molar-refractivity contribution is 5.94. The summed E-state index contributed by atoms with van der Waals surface area (Å²) in [6.07, 6.45) is -0.554. The first-order valence-electron chi connectivity index (χ1n) is 7.49. The van der Waals surface area contributed by atoms with Crippen LogP contribution in [0.3, 0.4) is 0 Å². The molecular formula is C19H23NO2. The smallest absolute Gasteiger partial charge is 0.265 e. The van der Waals surface area contributed by atoms with Gasteiger partial charge in [0.15, 0.2) is 6.10 Å². The summed E-state index contributed by atoms with van der Waals surface area (Å²) in [5, 5.41) is 2.93. The second kappa shape index (κ2) is 6.65. The fraction of sp³-hybridized carbons (Fsp3) is 0.316. The van der Waals surface area contributed by atoms with E-state index in [1.54, 1.807) is 6.92 Å². The predicted octanol–water partition coefficient (Wildman–Crippen LogP) is 4.33. The van der Waals surface area contributed by atoms with Crippen molar-refractivity contribution in [3.05, 3.63) is 58.7 Å². The topological polar surface area (TPSA) is 38.3 Å². The van der Waals surface area contributed by atoms with E-state index in [0.717, 1.165) is 22.4 Å². The molecule has 0 saturated heterocycles. The number of anilines is 1. The standard InChI is InChI=1S/C19H23NO2/c1-12-6-7-14(3)18(10-12)20-19(21)16(5)22-17-9-8-13(2)15(4)11-17/h6-11,16H,1-5H3,(H,20,21). The van der Waals surface area contributed by atoms with Crippen LogP contribution in [0.4, 0.5) is 5.69 Å². The van der Waals surface area contributed by atoms with Gasteiger partial charge in [0, 0.05) is 5.69 Å². The molecule has 3 heteroatoms. The highest BCUT2D eigenvalue weighted by atomic mass is 16.5. The van der Waals surface area contributed by atoms with Gasteiger partial charge in [-0.1, -0.05) is 18.2 Å². The Balaban J connectivity index is 2.05. The molecule has 0 spiro atoms. The van der Waals surface area contributed by atoms with Crippen LogP contribution in [0.1, 0.15) is 29.2 Å². The zero-order valence-electron chi connectivity index (χ0n) is 13.9. The zero-order chi connectivity index (χ0) is 16.3. The molecule has 0 radical (unpaired) electrons. The lowest BCUT2D eigenvalue weighted by atomic mass is 10.1. The largest absolute Gasteiger partial charge is 0.481 e. The van der Waals surface area contributed by atoms with E-state index in [9.17, 15) is 4.79 Å². The van der Waals surface area contributed by atoms with E-state index in [1.807, 2.05) is 57.2 Å². The molecule has 1 atom stereocenters. The molecule has 0 bridgehead atoms. The zero-order valence-corrected chi connectivity index (χ0v) is 13.9. The summed E-state index contributed by atoms with van der Waals surface area (Å²) in [6.45, 7) is 9.82. The van der Waals surface area contributed by atoms with Gasteiger partial charge >= 0.3 is 0 Å². The van der Waals surface area contributed by atoms with E-state index in [0.29, 0.717) is 5.75 Å². The second-order valence-electron chi connectivity index (χ2n) is 5.81. The normalized spacial score (nSPS) is 11.9. The van der Waals surface area contributed by atoms with E-state index in [1.165, 1.54) is 5.56 Å². The first-order chi connectivity index (χ1) is 10.4. The number of carbonyl (C=O) groups excluding carboxylic acids is 1. The number of carbonyl (C=O) groups is 1. The number of rotatable bonds is 4. The third-order valence-corrected chi connectivity index (χ3v) is 3.81. The van der Waals surface area contributed by atoms with Crippen molar-refractivity contribution in [2.75, 3.05) is 5.32 Å². The Hall–Kier alpha value is -2.29. The number of aryl methyl sites for hydroxylation is 4. The van der Waals surface area contributed by atoms with Crippen molar-refractivity contribution >= 4 is 11.6 Å². The van der Waals surface area contributed by atoms with Gasteiger partial charge in [0.2, 0.25) is 0 Å². The van der Waals surface area contributed by atoms with Gasteiger partial charge in [0.25, 0.3) is 5.91 Å². The number of nitrogens with one attached hydrogen (secondary N) is 1. The summed E-state index contributed by atoms with van der Waals surface area (Å²) in [5.41, 5.74) is 5.35.